The van der Waals surface area contributed by atoms with Crippen molar-refractivity contribution in [3.63, 3.8) is 0 Å². The number of pyridine rings is 4. The van der Waals surface area contributed by atoms with Crippen molar-refractivity contribution >= 4 is 104 Å². The molecule has 6 aromatic carbocycles. The van der Waals surface area contributed by atoms with Gasteiger partial charge in [0.15, 0.2) is 17.3 Å². The third-order valence-electron chi connectivity index (χ3n) is 20.2. The van der Waals surface area contributed by atoms with E-state index in [1.807, 2.05) is 123 Å². The molecule has 0 saturated carbocycles. The van der Waals surface area contributed by atoms with Gasteiger partial charge in [-0.05, 0) is 190 Å². The molecule has 0 aliphatic rings. The number of aromatic nitrogens is 4. The Balaban J connectivity index is 0.000000228. The maximum atomic E-state index is 13.3. The van der Waals surface area contributed by atoms with E-state index >= 15 is 0 Å². The van der Waals surface area contributed by atoms with Gasteiger partial charge in [-0.15, -0.1) is 122 Å². The van der Waals surface area contributed by atoms with E-state index in [9.17, 15) is 29.0 Å². The fraction of sp³-hybridized carbons (Fsp3) is 0.290. The van der Waals surface area contributed by atoms with Crippen molar-refractivity contribution in [3.05, 3.63) is 275 Å². The van der Waals surface area contributed by atoms with Gasteiger partial charge in [0.25, 0.3) is 0 Å². The molecule has 0 fully saturated rings. The average Bonchev–Trinajstić information content (AvgIpc) is 1.61. The van der Waals surface area contributed by atoms with Crippen LogP contribution in [-0.2, 0) is 74.7 Å². The van der Waals surface area contributed by atoms with Crippen molar-refractivity contribution in [1.29, 1.82) is 0 Å². The predicted octanol–water partition coefficient (Wildman–Crippen LogP) is 28.7. The van der Waals surface area contributed by atoms with Crippen LogP contribution in [0.3, 0.4) is 0 Å². The predicted molar refractivity (Wildman–Crippen MR) is 481 cm³/mol. The summed E-state index contributed by atoms with van der Waals surface area (Å²) >= 11 is 5.24. The molecule has 0 amide bonds. The molecular formula is C100H106FIr3N4O7S3-3. The number of rotatable bonds is 21. The summed E-state index contributed by atoms with van der Waals surface area (Å²) in [5.41, 5.74) is 19.0. The zero-order valence-electron chi connectivity index (χ0n) is 70.3. The van der Waals surface area contributed by atoms with Gasteiger partial charge < -0.3 is 34.7 Å². The van der Waals surface area contributed by atoms with Crippen molar-refractivity contribution in [2.45, 2.75) is 169 Å². The van der Waals surface area contributed by atoms with Gasteiger partial charge in [0.1, 0.15) is 5.82 Å². The third kappa shape index (κ3) is 26.6. The van der Waals surface area contributed by atoms with Crippen LogP contribution in [-0.4, -0.2) is 52.6 Å². The number of hydrogen-bond donors (Lipinski definition) is 3. The van der Waals surface area contributed by atoms with Crippen LogP contribution in [0, 0.1) is 96.2 Å². The first-order chi connectivity index (χ1) is 55.2. The summed E-state index contributed by atoms with van der Waals surface area (Å²) in [5, 5.41) is 33.4. The molecule has 0 aliphatic carbocycles. The molecule has 0 atom stereocenters. The molecule has 118 heavy (non-hydrogen) atoms. The minimum atomic E-state index is -0.233. The van der Waals surface area contributed by atoms with Gasteiger partial charge in [0.2, 0.25) is 5.71 Å². The van der Waals surface area contributed by atoms with Gasteiger partial charge in [-0.1, -0.05) is 173 Å². The van der Waals surface area contributed by atoms with E-state index in [4.69, 9.17) is 14.5 Å². The van der Waals surface area contributed by atoms with Crippen molar-refractivity contribution in [2.24, 2.45) is 23.7 Å². The van der Waals surface area contributed by atoms with Gasteiger partial charge in [0, 0.05) is 147 Å². The fourth-order valence-electron chi connectivity index (χ4n) is 13.9. The number of aryl methyl sites for hydroxylation is 7. The molecule has 3 N–H and O–H groups in total. The first kappa shape index (κ1) is 97.9. The minimum Gasteiger partial charge on any atom is -0.512 e. The zero-order valence-corrected chi connectivity index (χ0v) is 79.9. The van der Waals surface area contributed by atoms with Gasteiger partial charge in [-0.25, -0.2) is 9.37 Å². The largest absolute Gasteiger partial charge is 0.512 e. The van der Waals surface area contributed by atoms with Crippen LogP contribution in [0.15, 0.2) is 216 Å². The first-order valence-electron chi connectivity index (χ1n) is 39.7. The van der Waals surface area contributed by atoms with Gasteiger partial charge in [-0.3, -0.25) is 14.4 Å². The molecule has 0 saturated heterocycles. The van der Waals surface area contributed by atoms with E-state index < -0.39 is 0 Å². The van der Waals surface area contributed by atoms with Crippen LogP contribution in [0.1, 0.15) is 160 Å². The van der Waals surface area contributed by atoms with E-state index in [2.05, 4.69) is 178 Å². The first-order valence-corrected chi connectivity index (χ1v) is 42.2. The molecule has 8 aromatic heterocycles. The minimum absolute atomic E-state index is 0. The second-order valence-corrected chi connectivity index (χ2v) is 32.4. The van der Waals surface area contributed by atoms with Crippen LogP contribution >= 0.6 is 34.0 Å². The Hall–Kier alpha value is -8.89. The van der Waals surface area contributed by atoms with Gasteiger partial charge in [-0.2, -0.15) is 0 Å². The molecule has 8 heterocycles. The maximum Gasteiger partial charge on any atom is 0.216 e. The zero-order chi connectivity index (χ0) is 83.2. The number of allylic oxidation sites excluding steroid dienone is 6. The standard InChI is InChI=1S/C25H14FN2OS.C23H20NS.C21H16NS.2C13H24O2.C5H8O2.3Ir/c1-14-5-10-19-18-3-2-4-20(24(18)29-25(19)28-14)21-11-16-12-22(30-23(16)13-27-21)15-6-8-17(26)9-7-15;1-14-8-15(2)10-18(9-14)20-11-19-12-21(25-22(19)13-24-20)23-16(3)6-5-7-17(23)4;1-14-8-15(2)10-17(9-14)19-11-18-12-20(23-21(18)13-22-19)16-6-4-3-5-7-16;2*1-5-10(6-2)12(14)9-13(15)11(7-3)8-4;1-4(6)3-5(2)7;;;/h2-3,5-13H,1H3;5-9,11-13H,1-4H3;3-9,11-13H,1-2H3;2*9-11,14H,5-8H2,1-4H3;3,6H,1-2H3;;;/q3*-1;;;;;;. The molecule has 14 rings (SSSR count). The van der Waals surface area contributed by atoms with Crippen LogP contribution in [0.4, 0.5) is 4.39 Å². The van der Waals surface area contributed by atoms with Crippen LogP contribution in [0.2, 0.25) is 0 Å². The summed E-state index contributed by atoms with van der Waals surface area (Å²) in [6.07, 6.45) is 16.8. The second-order valence-electron chi connectivity index (χ2n) is 29.2. The summed E-state index contributed by atoms with van der Waals surface area (Å²) in [5.74, 6) is 0.799. The Labute approximate surface area is 748 Å². The molecule has 3 radical (unpaired) electrons. The number of carbonyl (C=O) groups is 3. The SMILES string of the molecule is CC(=O)C=C(C)O.CCC(CC)C(=O)C=C(O)C(CC)CC.CCC(CC)C(=O)C=C(O)C(CC)CC.Cc1[c-]c(-c2cc3cc(-c4c(C)cccc4C)sc3cn2)cc(C)c1.Cc1[c-]c(-c2cc3cc(-c4ccccc4)sc3cn2)cc(C)c1.Cc1ccc2c(n1)oc1c(-c3cc4cc(-c5ccc(F)cc5)sc4cn3)[c-]ccc12.[Ir].[Ir].[Ir]. The van der Waals surface area contributed by atoms with Gasteiger partial charge >= 0.3 is 0 Å². The van der Waals surface area contributed by atoms with E-state index in [0.717, 1.165) is 139 Å². The number of nitrogens with zero attached hydrogens (tertiary/aromatic N) is 4. The number of aliphatic hydroxyl groups excluding tert-OH is 3. The molecule has 0 bridgehead atoms. The van der Waals surface area contributed by atoms with Crippen molar-refractivity contribution in [1.82, 2.24) is 19.9 Å². The molecule has 0 spiro atoms. The molecule has 11 nitrogen and oxygen atoms in total. The maximum absolute atomic E-state index is 13.3. The topological polar surface area (TPSA) is 177 Å². The number of hydrogen-bond acceptors (Lipinski definition) is 14. The molecule has 0 aliphatic heterocycles. The van der Waals surface area contributed by atoms with Crippen LogP contribution in [0.25, 0.3) is 117 Å². The monoisotopic (exact) mass is 2170 g/mol. The molecule has 14 aromatic rings. The van der Waals surface area contributed by atoms with Crippen LogP contribution in [0.5, 0.6) is 0 Å². The smallest absolute Gasteiger partial charge is 0.216 e. The molecule has 623 valence electrons. The Bertz CT molecular complexity index is 5660. The summed E-state index contributed by atoms with van der Waals surface area (Å²) in [7, 11) is 0. The third-order valence-corrected chi connectivity index (χ3v) is 23.6. The quantitative estimate of drug-likeness (QED) is 0.0354. The number of thiophene rings is 3. The Kier molecular flexibility index (Phi) is 39.2. The molecule has 18 heteroatoms. The number of fused-ring (bicyclic) bond motifs is 6. The summed E-state index contributed by atoms with van der Waals surface area (Å²) in [4.78, 5) is 55.6. The Morgan fingerprint density at radius 3 is 1.31 bits per heavy atom. The fourth-order valence-corrected chi connectivity index (χ4v) is 17.1. The Morgan fingerprint density at radius 1 is 0.466 bits per heavy atom. The average molecular weight is 2170 g/mol. The van der Waals surface area contributed by atoms with Crippen molar-refractivity contribution in [2.75, 3.05) is 0 Å². The molecule has 0 unspecified atom stereocenters. The summed E-state index contributed by atoms with van der Waals surface area (Å²) in [6.45, 7) is 33.7. The van der Waals surface area contributed by atoms with E-state index in [-0.39, 0.29) is 124 Å². The van der Waals surface area contributed by atoms with Crippen LogP contribution < -0.4 is 0 Å². The number of furan rings is 1. The van der Waals surface area contributed by atoms with E-state index in [0.29, 0.717) is 5.71 Å². The number of halogens is 1. The summed E-state index contributed by atoms with van der Waals surface area (Å²) in [6, 6.07) is 63.2. The van der Waals surface area contributed by atoms with E-state index in [1.54, 1.807) is 34.8 Å². The van der Waals surface area contributed by atoms with Crippen molar-refractivity contribution in [3.8, 4) is 65.1 Å². The van der Waals surface area contributed by atoms with E-state index in [1.165, 1.54) is 108 Å². The Morgan fingerprint density at radius 2 is 0.890 bits per heavy atom. The summed E-state index contributed by atoms with van der Waals surface area (Å²) < 4.78 is 22.9. The number of aliphatic hydroxyl groups is 3. The number of carbonyl (C=O) groups excluding carboxylic acids is 3. The van der Waals surface area contributed by atoms with Crippen molar-refractivity contribution < 1.29 is 98.8 Å². The van der Waals surface area contributed by atoms with Gasteiger partial charge in [0.05, 0.1) is 37.0 Å². The number of ketones is 3. The normalized spacial score (nSPS) is 11.4. The number of benzene rings is 6. The molecular weight excluding hydrogens is 2060 g/mol. The second kappa shape index (κ2) is 47.2.